The molecule has 2 rings (SSSR count). The Balaban J connectivity index is 0.00000220. The molecule has 0 bridgehead atoms. The zero-order valence-electron chi connectivity index (χ0n) is 11.6. The first-order valence-corrected chi connectivity index (χ1v) is 6.74. The van der Waals surface area contributed by atoms with Crippen LogP contribution in [0.3, 0.4) is 0 Å². The Kier molecular flexibility index (Phi) is 8.87. The molecule has 9 heteroatoms. The summed E-state index contributed by atoms with van der Waals surface area (Å²) in [6.45, 7) is 2.28. The van der Waals surface area contributed by atoms with Gasteiger partial charge >= 0.3 is 6.18 Å². The number of piperazine rings is 1. The van der Waals surface area contributed by atoms with E-state index in [9.17, 15) is 18.3 Å². The molecule has 1 saturated heterocycles. The lowest BCUT2D eigenvalue weighted by Gasteiger charge is -2.36. The Morgan fingerprint density at radius 2 is 1.82 bits per heavy atom. The molecule has 0 spiro atoms. The first-order chi connectivity index (χ1) is 9.37. The van der Waals surface area contributed by atoms with Gasteiger partial charge in [0, 0.05) is 42.8 Å². The van der Waals surface area contributed by atoms with Gasteiger partial charge in [0.25, 0.3) is 0 Å². The molecule has 0 radical (unpaired) electrons. The van der Waals surface area contributed by atoms with Crippen LogP contribution >= 0.6 is 36.4 Å². The van der Waals surface area contributed by atoms with Crippen LogP contribution in [0.2, 0.25) is 5.02 Å². The number of alkyl halides is 3. The first kappa shape index (κ1) is 21.6. The predicted octanol–water partition coefficient (Wildman–Crippen LogP) is 3.79. The maximum atomic E-state index is 12.8. The first-order valence-electron chi connectivity index (χ1n) is 6.37. The molecule has 22 heavy (non-hydrogen) atoms. The van der Waals surface area contributed by atoms with Gasteiger partial charge in [-0.15, -0.1) is 24.8 Å². The Morgan fingerprint density at radius 1 is 1.23 bits per heavy atom. The van der Waals surface area contributed by atoms with Crippen molar-refractivity contribution >= 4 is 36.4 Å². The molecule has 1 atom stereocenters. The Labute approximate surface area is 144 Å². The van der Waals surface area contributed by atoms with Crippen LogP contribution in [0.4, 0.5) is 13.2 Å². The highest BCUT2D eigenvalue weighted by Gasteiger charge is 2.37. The molecule has 1 fully saturated rings. The Hall–Kier alpha value is -0.400. The van der Waals surface area contributed by atoms with E-state index < -0.39 is 18.6 Å². The lowest BCUT2D eigenvalue weighted by molar-refractivity contribution is -0.148. The van der Waals surface area contributed by atoms with Crippen LogP contribution in [-0.2, 0) is 0 Å². The van der Waals surface area contributed by atoms with Crippen molar-refractivity contribution in [3.8, 4) is 5.75 Å². The van der Waals surface area contributed by atoms with Crippen molar-refractivity contribution in [3.63, 3.8) is 0 Å². The fourth-order valence-corrected chi connectivity index (χ4v) is 2.62. The van der Waals surface area contributed by atoms with Crippen LogP contribution in [-0.4, -0.2) is 42.4 Å². The second kappa shape index (κ2) is 9.03. The molecule has 1 aliphatic heterocycles. The number of nitrogens with one attached hydrogen (secondary N) is 1. The number of hydrogen-bond donors (Lipinski definition) is 2. The van der Waals surface area contributed by atoms with Gasteiger partial charge in [-0.1, -0.05) is 11.6 Å². The van der Waals surface area contributed by atoms with E-state index in [1.807, 2.05) is 0 Å². The van der Waals surface area contributed by atoms with Crippen molar-refractivity contribution in [1.29, 1.82) is 0 Å². The smallest absolute Gasteiger partial charge is 0.390 e. The van der Waals surface area contributed by atoms with Crippen molar-refractivity contribution < 1.29 is 18.3 Å². The number of rotatable bonds is 3. The fourth-order valence-electron chi connectivity index (χ4n) is 2.44. The average Bonchev–Trinajstić information content (AvgIpc) is 2.39. The third-order valence-corrected chi connectivity index (χ3v) is 3.60. The van der Waals surface area contributed by atoms with Gasteiger partial charge in [0.1, 0.15) is 5.75 Å². The van der Waals surface area contributed by atoms with E-state index in [2.05, 4.69) is 5.32 Å². The number of benzene rings is 1. The summed E-state index contributed by atoms with van der Waals surface area (Å²) in [6, 6.07) is 3.30. The van der Waals surface area contributed by atoms with Gasteiger partial charge < -0.3 is 10.4 Å². The molecule has 128 valence electrons. The quantitative estimate of drug-likeness (QED) is 0.836. The molecule has 0 aliphatic carbocycles. The normalized spacial score (nSPS) is 17.3. The molecular weight excluding hydrogens is 364 g/mol. The van der Waals surface area contributed by atoms with Crippen molar-refractivity contribution in [2.24, 2.45) is 0 Å². The monoisotopic (exact) mass is 380 g/mol. The van der Waals surface area contributed by atoms with E-state index in [0.717, 1.165) is 0 Å². The van der Waals surface area contributed by atoms with Gasteiger partial charge in [-0.05, 0) is 18.2 Å². The Bertz CT molecular complexity index is 468. The van der Waals surface area contributed by atoms with Crippen molar-refractivity contribution in [1.82, 2.24) is 10.2 Å². The van der Waals surface area contributed by atoms with Gasteiger partial charge in [-0.2, -0.15) is 13.2 Å². The molecule has 1 aromatic rings. The minimum absolute atomic E-state index is 0. The number of hydrogen-bond acceptors (Lipinski definition) is 3. The second-order valence-corrected chi connectivity index (χ2v) is 5.26. The highest BCUT2D eigenvalue weighted by molar-refractivity contribution is 6.30. The maximum absolute atomic E-state index is 12.8. The zero-order valence-corrected chi connectivity index (χ0v) is 14.0. The highest BCUT2D eigenvalue weighted by Crippen LogP contribution is 2.38. The average molecular weight is 382 g/mol. The highest BCUT2D eigenvalue weighted by atomic mass is 35.5. The molecule has 0 unspecified atom stereocenters. The second-order valence-electron chi connectivity index (χ2n) is 4.82. The molecule has 1 heterocycles. The Morgan fingerprint density at radius 3 is 2.36 bits per heavy atom. The summed E-state index contributed by atoms with van der Waals surface area (Å²) in [6.07, 6.45) is -5.30. The molecule has 0 amide bonds. The predicted molar refractivity (Wildman–Crippen MR) is 85.5 cm³/mol. The number of halogens is 6. The number of nitrogens with zero attached hydrogens (tertiary/aromatic N) is 1. The van der Waals surface area contributed by atoms with E-state index in [1.165, 1.54) is 18.2 Å². The zero-order chi connectivity index (χ0) is 14.8. The van der Waals surface area contributed by atoms with Gasteiger partial charge in [0.05, 0.1) is 6.42 Å². The van der Waals surface area contributed by atoms with E-state index in [1.54, 1.807) is 4.90 Å². The van der Waals surface area contributed by atoms with E-state index >= 15 is 0 Å². The number of phenolic OH excluding ortho intramolecular Hbond substituents is 1. The van der Waals surface area contributed by atoms with Crippen molar-refractivity contribution in [3.05, 3.63) is 28.8 Å². The van der Waals surface area contributed by atoms with Crippen LogP contribution in [0.1, 0.15) is 18.0 Å². The third-order valence-electron chi connectivity index (χ3n) is 3.37. The summed E-state index contributed by atoms with van der Waals surface area (Å²) >= 11 is 5.85. The molecule has 1 aliphatic rings. The topological polar surface area (TPSA) is 35.5 Å². The molecule has 2 N–H and O–H groups in total. The number of aromatic hydroxyl groups is 1. The third kappa shape index (κ3) is 6.01. The standard InChI is InChI=1S/C13H16ClF3N2O.2ClH/c14-9-1-2-12(20)10(7-9)11(8-13(15,16)17)19-5-3-18-4-6-19;;/h1-2,7,11,18,20H,3-6,8H2;2*1H/t11-;;/m0../s1. The summed E-state index contributed by atoms with van der Waals surface area (Å²) in [5, 5.41) is 13.3. The molecule has 0 saturated carbocycles. The van der Waals surface area contributed by atoms with E-state index in [4.69, 9.17) is 11.6 Å². The SMILES string of the molecule is Cl.Cl.Oc1ccc(Cl)cc1[C@H](CC(F)(F)F)N1CCNCC1. The molecule has 0 aromatic heterocycles. The lowest BCUT2D eigenvalue weighted by Crippen LogP contribution is -2.46. The maximum Gasteiger partial charge on any atom is 0.390 e. The number of phenols is 1. The summed E-state index contributed by atoms with van der Waals surface area (Å²) in [7, 11) is 0. The molecular formula is C13H18Cl3F3N2O. The molecule has 3 nitrogen and oxygen atoms in total. The van der Waals surface area contributed by atoms with Crippen LogP contribution < -0.4 is 5.32 Å². The fraction of sp³-hybridized carbons (Fsp3) is 0.538. The van der Waals surface area contributed by atoms with Crippen LogP contribution in [0.15, 0.2) is 18.2 Å². The summed E-state index contributed by atoms with van der Waals surface area (Å²) in [5.41, 5.74) is 0.233. The van der Waals surface area contributed by atoms with Crippen LogP contribution in [0.25, 0.3) is 0 Å². The van der Waals surface area contributed by atoms with Gasteiger partial charge in [-0.3, -0.25) is 4.90 Å². The summed E-state index contributed by atoms with van der Waals surface area (Å²) in [5.74, 6) is -0.151. The van der Waals surface area contributed by atoms with Crippen LogP contribution in [0.5, 0.6) is 5.75 Å². The summed E-state index contributed by atoms with van der Waals surface area (Å²) in [4.78, 5) is 1.73. The molecule has 1 aromatic carbocycles. The van der Waals surface area contributed by atoms with E-state index in [0.29, 0.717) is 31.2 Å². The summed E-state index contributed by atoms with van der Waals surface area (Å²) < 4.78 is 38.5. The van der Waals surface area contributed by atoms with E-state index in [-0.39, 0.29) is 36.1 Å². The van der Waals surface area contributed by atoms with Crippen molar-refractivity contribution in [2.75, 3.05) is 26.2 Å². The van der Waals surface area contributed by atoms with Crippen molar-refractivity contribution in [2.45, 2.75) is 18.6 Å². The largest absolute Gasteiger partial charge is 0.508 e. The van der Waals surface area contributed by atoms with Gasteiger partial charge in [-0.25, -0.2) is 0 Å². The minimum atomic E-state index is -4.30. The lowest BCUT2D eigenvalue weighted by atomic mass is 10.00. The van der Waals surface area contributed by atoms with Gasteiger partial charge in [0.15, 0.2) is 0 Å². The van der Waals surface area contributed by atoms with Crippen LogP contribution in [0, 0.1) is 0 Å². The van der Waals surface area contributed by atoms with Gasteiger partial charge in [0.2, 0.25) is 0 Å². The minimum Gasteiger partial charge on any atom is -0.508 e.